The van der Waals surface area contributed by atoms with E-state index >= 15 is 0 Å². The Morgan fingerprint density at radius 1 is 1.44 bits per heavy atom. The molecule has 0 saturated heterocycles. The highest BCUT2D eigenvalue weighted by Gasteiger charge is 2.20. The van der Waals surface area contributed by atoms with Gasteiger partial charge in [-0.25, -0.2) is 4.98 Å². The fourth-order valence-electron chi connectivity index (χ4n) is 2.25. The summed E-state index contributed by atoms with van der Waals surface area (Å²) in [5.41, 5.74) is 0.401. The second-order valence-corrected chi connectivity index (χ2v) is 5.76. The summed E-state index contributed by atoms with van der Waals surface area (Å²) >= 11 is 11.8. The fraction of sp³-hybridized carbons (Fsp3) is 0.538. The van der Waals surface area contributed by atoms with E-state index in [-0.39, 0.29) is 11.3 Å². The number of nitrogens with one attached hydrogen (secondary N) is 1. The summed E-state index contributed by atoms with van der Waals surface area (Å²) < 4.78 is 0. The maximum Gasteiger partial charge on any atom is 0.269 e. The van der Waals surface area contributed by atoms with Gasteiger partial charge in [0.2, 0.25) is 0 Å². The number of alkyl halides is 1. The zero-order valence-electron chi connectivity index (χ0n) is 10.0. The van der Waals surface area contributed by atoms with Crippen LogP contribution >= 0.6 is 23.2 Å². The van der Waals surface area contributed by atoms with Crippen LogP contribution in [0.3, 0.4) is 0 Å². The van der Waals surface area contributed by atoms with E-state index in [4.69, 9.17) is 23.2 Å². The molecule has 1 aromatic heterocycles. The zero-order valence-corrected chi connectivity index (χ0v) is 11.5. The molecule has 0 aromatic carbocycles. The van der Waals surface area contributed by atoms with Crippen LogP contribution in [0.4, 0.5) is 0 Å². The molecule has 1 fully saturated rings. The van der Waals surface area contributed by atoms with Gasteiger partial charge in [-0.15, -0.1) is 11.6 Å². The van der Waals surface area contributed by atoms with Crippen LogP contribution in [0, 0.1) is 5.92 Å². The van der Waals surface area contributed by atoms with E-state index in [1.54, 1.807) is 12.1 Å². The Kier molecular flexibility index (Phi) is 4.84. The van der Waals surface area contributed by atoms with Crippen molar-refractivity contribution in [2.45, 2.75) is 31.1 Å². The van der Waals surface area contributed by atoms with Gasteiger partial charge in [0.1, 0.15) is 5.69 Å². The highest BCUT2D eigenvalue weighted by atomic mass is 35.5. The molecule has 2 atom stereocenters. The first-order valence-electron chi connectivity index (χ1n) is 6.19. The van der Waals surface area contributed by atoms with Crippen molar-refractivity contribution in [2.24, 2.45) is 5.92 Å². The molecular weight excluding hydrogens is 271 g/mol. The summed E-state index contributed by atoms with van der Waals surface area (Å²) in [6, 6.07) is 3.29. The molecule has 0 bridgehead atoms. The summed E-state index contributed by atoms with van der Waals surface area (Å²) in [6.45, 7) is 0.673. The Labute approximate surface area is 117 Å². The van der Waals surface area contributed by atoms with Gasteiger partial charge >= 0.3 is 0 Å². The average Bonchev–Trinajstić information content (AvgIpc) is 2.37. The number of carbonyl (C=O) groups is 1. The largest absolute Gasteiger partial charge is 0.350 e. The number of hydrogen-bond donors (Lipinski definition) is 1. The number of nitrogens with zero attached hydrogens (tertiary/aromatic N) is 1. The molecule has 0 aliphatic heterocycles. The van der Waals surface area contributed by atoms with E-state index in [1.807, 2.05) is 0 Å². The molecule has 1 N–H and O–H groups in total. The van der Waals surface area contributed by atoms with Crippen LogP contribution in [0.15, 0.2) is 18.3 Å². The highest BCUT2D eigenvalue weighted by Crippen LogP contribution is 2.27. The Hall–Kier alpha value is -0.800. The van der Waals surface area contributed by atoms with Crippen LogP contribution in [0.1, 0.15) is 36.2 Å². The van der Waals surface area contributed by atoms with Gasteiger partial charge in [-0.1, -0.05) is 18.0 Å². The van der Waals surface area contributed by atoms with Gasteiger partial charge in [0.05, 0.1) is 5.02 Å². The Balaban J connectivity index is 1.82. The normalized spacial score (nSPS) is 23.7. The van der Waals surface area contributed by atoms with Crippen LogP contribution in [0.2, 0.25) is 5.02 Å². The van der Waals surface area contributed by atoms with Crippen molar-refractivity contribution < 1.29 is 4.79 Å². The standard InChI is InChI=1S/C13H16Cl2N2O/c14-10-3-1-2-9(6-10)7-17-13(18)12-5-4-11(15)8-16-12/h4-5,8-10H,1-3,6-7H2,(H,17,18). The summed E-state index contributed by atoms with van der Waals surface area (Å²) in [6.07, 6.45) is 5.83. The van der Waals surface area contributed by atoms with Crippen LogP contribution in [-0.4, -0.2) is 22.8 Å². The minimum atomic E-state index is -0.150. The van der Waals surface area contributed by atoms with Crippen molar-refractivity contribution >= 4 is 29.1 Å². The molecule has 0 radical (unpaired) electrons. The van der Waals surface area contributed by atoms with Gasteiger partial charge in [-0.3, -0.25) is 4.79 Å². The van der Waals surface area contributed by atoms with Crippen LogP contribution in [0.5, 0.6) is 0 Å². The van der Waals surface area contributed by atoms with Crippen LogP contribution in [0.25, 0.3) is 0 Å². The van der Waals surface area contributed by atoms with Gasteiger partial charge in [0, 0.05) is 18.1 Å². The summed E-state index contributed by atoms with van der Waals surface area (Å²) in [4.78, 5) is 15.8. The van der Waals surface area contributed by atoms with Gasteiger partial charge < -0.3 is 5.32 Å². The average molecular weight is 287 g/mol. The maximum absolute atomic E-state index is 11.8. The smallest absolute Gasteiger partial charge is 0.269 e. The van der Waals surface area contributed by atoms with Crippen molar-refractivity contribution in [3.8, 4) is 0 Å². The number of halogens is 2. The third kappa shape index (κ3) is 3.85. The molecule has 2 unspecified atom stereocenters. The second kappa shape index (κ2) is 6.39. The minimum absolute atomic E-state index is 0.150. The lowest BCUT2D eigenvalue weighted by atomic mass is 9.89. The first kappa shape index (κ1) is 13.6. The summed E-state index contributed by atoms with van der Waals surface area (Å²) in [5, 5.41) is 3.70. The molecule has 0 spiro atoms. The van der Waals surface area contributed by atoms with Crippen molar-refractivity contribution in [3.05, 3.63) is 29.0 Å². The predicted molar refractivity (Wildman–Crippen MR) is 73.2 cm³/mol. The van der Waals surface area contributed by atoms with Crippen molar-refractivity contribution in [2.75, 3.05) is 6.54 Å². The molecule has 1 amide bonds. The quantitative estimate of drug-likeness (QED) is 0.867. The number of carbonyl (C=O) groups excluding carboxylic acids is 1. The summed E-state index contributed by atoms with van der Waals surface area (Å²) in [5.74, 6) is 0.334. The molecule has 1 aromatic rings. The van der Waals surface area contributed by atoms with Gasteiger partial charge in [0.25, 0.3) is 5.91 Å². The monoisotopic (exact) mass is 286 g/mol. The number of aromatic nitrogens is 1. The van der Waals surface area contributed by atoms with Crippen molar-refractivity contribution in [1.82, 2.24) is 10.3 Å². The number of amides is 1. The lowest BCUT2D eigenvalue weighted by Crippen LogP contribution is -2.32. The van der Waals surface area contributed by atoms with E-state index in [0.717, 1.165) is 25.7 Å². The van der Waals surface area contributed by atoms with E-state index in [0.29, 0.717) is 23.2 Å². The SMILES string of the molecule is O=C(NCC1CCCC(Cl)C1)c1ccc(Cl)cn1. The molecule has 5 heteroatoms. The topological polar surface area (TPSA) is 42.0 Å². The van der Waals surface area contributed by atoms with Crippen LogP contribution in [-0.2, 0) is 0 Å². The van der Waals surface area contributed by atoms with E-state index in [9.17, 15) is 4.79 Å². The maximum atomic E-state index is 11.8. The Morgan fingerprint density at radius 2 is 2.28 bits per heavy atom. The lowest BCUT2D eigenvalue weighted by Gasteiger charge is -2.25. The van der Waals surface area contributed by atoms with E-state index in [2.05, 4.69) is 10.3 Å². The number of pyridine rings is 1. The first-order chi connectivity index (χ1) is 8.65. The molecule has 1 heterocycles. The van der Waals surface area contributed by atoms with Crippen molar-refractivity contribution in [3.63, 3.8) is 0 Å². The Morgan fingerprint density at radius 3 is 2.94 bits per heavy atom. The first-order valence-corrected chi connectivity index (χ1v) is 7.00. The van der Waals surface area contributed by atoms with E-state index in [1.165, 1.54) is 6.20 Å². The molecule has 98 valence electrons. The number of hydrogen-bond acceptors (Lipinski definition) is 2. The van der Waals surface area contributed by atoms with Crippen LogP contribution < -0.4 is 5.32 Å². The second-order valence-electron chi connectivity index (χ2n) is 4.70. The molecule has 18 heavy (non-hydrogen) atoms. The third-order valence-electron chi connectivity index (χ3n) is 3.23. The molecular formula is C13H16Cl2N2O. The summed E-state index contributed by atoms with van der Waals surface area (Å²) in [7, 11) is 0. The zero-order chi connectivity index (χ0) is 13.0. The van der Waals surface area contributed by atoms with Gasteiger partial charge in [-0.05, 0) is 37.3 Å². The number of rotatable bonds is 3. The predicted octanol–water partition coefficient (Wildman–Crippen LogP) is 3.26. The van der Waals surface area contributed by atoms with Gasteiger partial charge in [0.15, 0.2) is 0 Å². The highest BCUT2D eigenvalue weighted by molar-refractivity contribution is 6.30. The third-order valence-corrected chi connectivity index (χ3v) is 3.85. The molecule has 1 aliphatic carbocycles. The van der Waals surface area contributed by atoms with Gasteiger partial charge in [-0.2, -0.15) is 0 Å². The van der Waals surface area contributed by atoms with E-state index < -0.39 is 0 Å². The molecule has 1 saturated carbocycles. The fourth-order valence-corrected chi connectivity index (χ4v) is 2.77. The molecule has 1 aliphatic rings. The molecule has 3 nitrogen and oxygen atoms in total. The minimum Gasteiger partial charge on any atom is -0.350 e. The Bertz CT molecular complexity index is 408. The van der Waals surface area contributed by atoms with Crippen molar-refractivity contribution in [1.29, 1.82) is 0 Å². The molecule has 2 rings (SSSR count). The lowest BCUT2D eigenvalue weighted by molar-refractivity contribution is 0.0938.